The van der Waals surface area contributed by atoms with E-state index in [4.69, 9.17) is 11.2 Å². The molecule has 0 aliphatic rings. The molecule has 1 unspecified atom stereocenters. The van der Waals surface area contributed by atoms with Crippen LogP contribution < -0.4 is 0 Å². The molecule has 0 spiro atoms. The molecule has 0 aromatic carbocycles. The van der Waals surface area contributed by atoms with Crippen LogP contribution in [0.3, 0.4) is 0 Å². The van der Waals surface area contributed by atoms with E-state index in [0.29, 0.717) is 5.75 Å². The van der Waals surface area contributed by atoms with Crippen molar-refractivity contribution in [3.05, 3.63) is 12.7 Å². The van der Waals surface area contributed by atoms with Crippen LogP contribution in [0.2, 0.25) is 0 Å². The van der Waals surface area contributed by atoms with Crippen molar-refractivity contribution < 1.29 is 4.57 Å². The van der Waals surface area contributed by atoms with Gasteiger partial charge in [0.25, 0.3) is 4.90 Å². The third-order valence-electron chi connectivity index (χ3n) is 0.796. The molecule has 0 aliphatic carbocycles. The molecule has 0 N–H and O–H groups in total. The summed E-state index contributed by atoms with van der Waals surface area (Å²) in [5.74, 6) is 1.53. The Balaban J connectivity index is 3.61. The second kappa shape index (κ2) is 6.47. The maximum atomic E-state index is 11.4. The average molecular weight is 231 g/mol. The molecule has 1 atom stereocenters. The molecule has 0 aromatic heterocycles. The smallest absolute Gasteiger partial charge is 0.275 e. The average Bonchev–Trinajstić information content (AvgIpc) is 1.97. The van der Waals surface area contributed by atoms with Gasteiger partial charge in [-0.25, -0.2) is 0 Å². The van der Waals surface area contributed by atoms with E-state index in [2.05, 4.69) is 6.58 Å². The monoisotopic (exact) mass is 230 g/mol. The van der Waals surface area contributed by atoms with Gasteiger partial charge in [-0.15, -0.1) is 6.58 Å². The molecule has 0 heterocycles. The van der Waals surface area contributed by atoms with Crippen LogP contribution in [0, 0.1) is 0 Å². The summed E-state index contributed by atoms with van der Waals surface area (Å²) in [4.78, 5) is -2.49. The normalized spacial score (nSPS) is 15.8. The van der Waals surface area contributed by atoms with Crippen molar-refractivity contribution in [2.75, 3.05) is 11.5 Å². The maximum absolute atomic E-state index is 11.4. The highest BCUT2D eigenvalue weighted by Crippen LogP contribution is 2.73. The van der Waals surface area contributed by atoms with Crippen molar-refractivity contribution in [2.45, 2.75) is 13.3 Å². The number of hydrogen-bond acceptors (Lipinski definition) is 3. The van der Waals surface area contributed by atoms with Crippen LogP contribution in [-0.4, -0.2) is 11.5 Å². The summed E-state index contributed by atoms with van der Waals surface area (Å²) in [5.41, 5.74) is 0. The quantitative estimate of drug-likeness (QED) is 0.498. The molecule has 0 fully saturated rings. The van der Waals surface area contributed by atoms with Crippen molar-refractivity contribution in [1.29, 1.82) is 0 Å². The molecule has 0 aliphatic heterocycles. The highest BCUT2D eigenvalue weighted by molar-refractivity contribution is 8.96. The Bertz CT molecular complexity index is 163. The van der Waals surface area contributed by atoms with Gasteiger partial charge in [0.1, 0.15) is 0 Å². The van der Waals surface area contributed by atoms with Gasteiger partial charge in [-0.1, -0.05) is 35.8 Å². The zero-order valence-electron chi connectivity index (χ0n) is 6.46. The zero-order valence-corrected chi connectivity index (χ0v) is 9.74. The summed E-state index contributed by atoms with van der Waals surface area (Å²) in [6, 6.07) is 0. The van der Waals surface area contributed by atoms with Gasteiger partial charge < -0.3 is 0 Å². The molecular formula is C6H12ClOPS2. The summed E-state index contributed by atoms with van der Waals surface area (Å²) < 4.78 is 11.4. The van der Waals surface area contributed by atoms with Crippen molar-refractivity contribution in [2.24, 2.45) is 0 Å². The third kappa shape index (κ3) is 7.32. The van der Waals surface area contributed by atoms with Crippen molar-refractivity contribution in [1.82, 2.24) is 0 Å². The van der Waals surface area contributed by atoms with Gasteiger partial charge in [0.15, 0.2) is 0 Å². The summed E-state index contributed by atoms with van der Waals surface area (Å²) in [6.07, 6.45) is 2.72. The van der Waals surface area contributed by atoms with E-state index in [9.17, 15) is 4.57 Å². The van der Waals surface area contributed by atoms with Gasteiger partial charge >= 0.3 is 0 Å². The van der Waals surface area contributed by atoms with Gasteiger partial charge in [0.2, 0.25) is 0 Å². The molecule has 0 aromatic rings. The third-order valence-corrected chi connectivity index (χ3v) is 8.89. The van der Waals surface area contributed by atoms with Crippen LogP contribution in [0.25, 0.3) is 0 Å². The topological polar surface area (TPSA) is 17.1 Å². The SMILES string of the molecule is C=CCSP(=O)(Cl)SCCC. The van der Waals surface area contributed by atoms with Crippen LogP contribution in [0.4, 0.5) is 0 Å². The van der Waals surface area contributed by atoms with Crippen molar-refractivity contribution >= 4 is 38.9 Å². The second-order valence-electron chi connectivity index (χ2n) is 1.85. The first-order chi connectivity index (χ1) is 5.12. The van der Waals surface area contributed by atoms with Crippen molar-refractivity contribution in [3.8, 4) is 0 Å². The van der Waals surface area contributed by atoms with E-state index in [1.807, 2.05) is 6.92 Å². The fourth-order valence-electron chi connectivity index (χ4n) is 0.379. The van der Waals surface area contributed by atoms with Crippen LogP contribution in [-0.2, 0) is 4.57 Å². The van der Waals surface area contributed by atoms with Gasteiger partial charge in [0.05, 0.1) is 0 Å². The fraction of sp³-hybridized carbons (Fsp3) is 0.667. The minimum Gasteiger partial charge on any atom is -0.283 e. The summed E-state index contributed by atoms with van der Waals surface area (Å²) in [5, 5.41) is 0. The first kappa shape index (κ1) is 12.0. The van der Waals surface area contributed by atoms with Gasteiger partial charge in [-0.3, -0.25) is 4.57 Å². The minimum atomic E-state index is -2.49. The number of rotatable bonds is 6. The molecule has 0 amide bonds. The highest BCUT2D eigenvalue weighted by atomic mass is 35.7. The van der Waals surface area contributed by atoms with Crippen LogP contribution in [0.5, 0.6) is 0 Å². The lowest BCUT2D eigenvalue weighted by molar-refractivity contribution is 0.601. The first-order valence-corrected chi connectivity index (χ1v) is 9.11. The van der Waals surface area contributed by atoms with E-state index in [1.54, 1.807) is 6.08 Å². The van der Waals surface area contributed by atoms with Crippen LogP contribution in [0.15, 0.2) is 12.7 Å². The molecule has 1 nitrogen and oxygen atoms in total. The standard InChI is InChI=1S/C6H12ClOPS2/c1-3-5-10-9(7,8)11-6-4-2/h3H,1,4-6H2,2H3. The molecule has 0 rings (SSSR count). The van der Waals surface area contributed by atoms with Crippen LogP contribution in [0.1, 0.15) is 13.3 Å². The molecule has 5 heteroatoms. The summed E-state index contributed by atoms with van der Waals surface area (Å²) in [6.45, 7) is 5.58. The Morgan fingerprint density at radius 3 is 2.73 bits per heavy atom. The van der Waals surface area contributed by atoms with Gasteiger partial charge in [-0.2, -0.15) is 0 Å². The zero-order chi connectivity index (χ0) is 8.74. The van der Waals surface area contributed by atoms with E-state index < -0.39 is 4.90 Å². The van der Waals surface area contributed by atoms with Crippen LogP contribution >= 0.6 is 38.9 Å². The van der Waals surface area contributed by atoms with E-state index in [0.717, 1.165) is 12.2 Å². The van der Waals surface area contributed by atoms with Gasteiger partial charge in [-0.05, 0) is 17.7 Å². The molecule has 0 saturated carbocycles. The Morgan fingerprint density at radius 1 is 1.64 bits per heavy atom. The minimum absolute atomic E-state index is 0.664. The second-order valence-corrected chi connectivity index (χ2v) is 11.9. The predicted molar refractivity (Wildman–Crippen MR) is 58.9 cm³/mol. The van der Waals surface area contributed by atoms with Crippen molar-refractivity contribution in [3.63, 3.8) is 0 Å². The Hall–Kier alpha value is 0.960. The lowest BCUT2D eigenvalue weighted by Crippen LogP contribution is -1.70. The predicted octanol–water partition coefficient (Wildman–Crippen LogP) is 4.40. The maximum Gasteiger partial charge on any atom is 0.275 e. The number of halogens is 1. The fourth-order valence-corrected chi connectivity index (χ4v) is 6.43. The summed E-state index contributed by atoms with van der Waals surface area (Å²) in [7, 11) is 0. The Morgan fingerprint density at radius 2 is 2.27 bits per heavy atom. The largest absolute Gasteiger partial charge is 0.283 e. The number of hydrogen-bond donors (Lipinski definition) is 0. The molecule has 0 saturated heterocycles. The lowest BCUT2D eigenvalue weighted by Gasteiger charge is -2.05. The van der Waals surface area contributed by atoms with E-state index in [1.165, 1.54) is 22.8 Å². The van der Waals surface area contributed by atoms with E-state index >= 15 is 0 Å². The molecule has 0 bridgehead atoms. The Labute approximate surface area is 81.0 Å². The lowest BCUT2D eigenvalue weighted by atomic mass is 10.6. The molecule has 11 heavy (non-hydrogen) atoms. The van der Waals surface area contributed by atoms with E-state index in [-0.39, 0.29) is 0 Å². The molecular weight excluding hydrogens is 219 g/mol. The summed E-state index contributed by atoms with van der Waals surface area (Å²) >= 11 is 8.37. The molecule has 66 valence electrons. The van der Waals surface area contributed by atoms with Gasteiger partial charge in [0, 0.05) is 11.5 Å². The first-order valence-electron chi connectivity index (χ1n) is 3.32. The Kier molecular flexibility index (Phi) is 7.04. The molecule has 0 radical (unpaired) electrons. The highest BCUT2D eigenvalue weighted by Gasteiger charge is 2.17.